The number of rotatable bonds is 2. The molecule has 0 aliphatic rings. The minimum Gasteiger partial charge on any atom is -0.337 e. The van der Waals surface area contributed by atoms with Crippen molar-refractivity contribution in [3.8, 4) is 0 Å². The zero-order valence-electron chi connectivity index (χ0n) is 8.35. The average molecular weight is 320 g/mol. The predicted molar refractivity (Wildman–Crippen MR) is 66.6 cm³/mol. The average Bonchev–Trinajstić information content (AvgIpc) is 2.28. The fourth-order valence-corrected chi connectivity index (χ4v) is 1.97. The summed E-state index contributed by atoms with van der Waals surface area (Å²) in [4.78, 5) is 3.96. The number of anilines is 2. The third-order valence-electron chi connectivity index (χ3n) is 2.01. The maximum Gasteiger partial charge on any atom is 0.182 e. The first-order chi connectivity index (χ1) is 8.08. The quantitative estimate of drug-likeness (QED) is 0.880. The van der Waals surface area contributed by atoms with Crippen LogP contribution in [0.2, 0.25) is 5.02 Å². The molecule has 0 radical (unpaired) electrons. The van der Waals surface area contributed by atoms with E-state index in [9.17, 15) is 8.78 Å². The molecule has 17 heavy (non-hydrogen) atoms. The van der Waals surface area contributed by atoms with Crippen LogP contribution in [0.15, 0.2) is 34.9 Å². The Morgan fingerprint density at radius 2 is 2.06 bits per heavy atom. The molecule has 6 heteroatoms. The third-order valence-corrected chi connectivity index (χ3v) is 2.82. The number of halogens is 4. The highest BCUT2D eigenvalue weighted by Crippen LogP contribution is 2.27. The van der Waals surface area contributed by atoms with Gasteiger partial charge < -0.3 is 5.32 Å². The smallest absolute Gasteiger partial charge is 0.182 e. The van der Waals surface area contributed by atoms with Crippen LogP contribution < -0.4 is 5.32 Å². The third kappa shape index (κ3) is 2.73. The van der Waals surface area contributed by atoms with Gasteiger partial charge in [0, 0.05) is 6.20 Å². The van der Waals surface area contributed by atoms with Gasteiger partial charge in [-0.05, 0) is 34.1 Å². The Labute approximate surface area is 110 Å². The molecule has 0 saturated heterocycles. The van der Waals surface area contributed by atoms with Crippen molar-refractivity contribution in [3.63, 3.8) is 0 Å². The van der Waals surface area contributed by atoms with Gasteiger partial charge in [0.2, 0.25) is 0 Å². The summed E-state index contributed by atoms with van der Waals surface area (Å²) in [6.07, 6.45) is 1.41. The predicted octanol–water partition coefficient (Wildman–Crippen LogP) is 4.52. The molecule has 0 unspecified atom stereocenters. The van der Waals surface area contributed by atoms with Gasteiger partial charge in [0.25, 0.3) is 0 Å². The first kappa shape index (κ1) is 12.3. The lowest BCUT2D eigenvalue weighted by molar-refractivity contribution is 0.511. The summed E-state index contributed by atoms with van der Waals surface area (Å²) in [5, 5.41) is 3.12. The zero-order valence-corrected chi connectivity index (χ0v) is 10.7. The highest BCUT2D eigenvalue weighted by Gasteiger charge is 2.09. The molecule has 0 saturated carbocycles. The normalized spacial score (nSPS) is 10.4. The van der Waals surface area contributed by atoms with Gasteiger partial charge in [0.05, 0.1) is 15.2 Å². The fourth-order valence-electron chi connectivity index (χ4n) is 1.23. The van der Waals surface area contributed by atoms with E-state index in [-0.39, 0.29) is 5.69 Å². The molecule has 1 N–H and O–H groups in total. The minimum atomic E-state index is -0.948. The number of pyridine rings is 1. The number of nitrogens with one attached hydrogen (secondary N) is 1. The standard InChI is InChI=1S/C11H6BrClF2N2/c12-7-4-6(13)5-16-11(7)17-9-3-1-2-8(14)10(9)15/h1-5H,(H,16,17). The van der Waals surface area contributed by atoms with E-state index in [2.05, 4.69) is 26.2 Å². The molecular formula is C11H6BrClF2N2. The Morgan fingerprint density at radius 3 is 2.76 bits per heavy atom. The summed E-state index contributed by atoms with van der Waals surface area (Å²) in [7, 11) is 0. The van der Waals surface area contributed by atoms with E-state index in [4.69, 9.17) is 11.6 Å². The van der Waals surface area contributed by atoms with E-state index in [0.717, 1.165) is 6.07 Å². The van der Waals surface area contributed by atoms with Crippen molar-refractivity contribution in [2.24, 2.45) is 0 Å². The Hall–Kier alpha value is -1.20. The number of nitrogens with zero attached hydrogens (tertiary/aromatic N) is 1. The molecule has 1 aromatic carbocycles. The summed E-state index contributed by atoms with van der Waals surface area (Å²) in [5.74, 6) is -1.50. The van der Waals surface area contributed by atoms with Gasteiger partial charge in [-0.1, -0.05) is 17.7 Å². The first-order valence-electron chi connectivity index (χ1n) is 4.60. The molecule has 0 amide bonds. The Kier molecular flexibility index (Phi) is 3.59. The lowest BCUT2D eigenvalue weighted by atomic mass is 10.3. The summed E-state index contributed by atoms with van der Waals surface area (Å²) < 4.78 is 26.9. The molecule has 2 nitrogen and oxygen atoms in total. The lowest BCUT2D eigenvalue weighted by Crippen LogP contribution is -1.98. The van der Waals surface area contributed by atoms with E-state index in [1.807, 2.05) is 0 Å². The van der Waals surface area contributed by atoms with Crippen molar-refractivity contribution >= 4 is 39.0 Å². The summed E-state index contributed by atoms with van der Waals surface area (Å²) in [5.41, 5.74) is 0.0144. The highest BCUT2D eigenvalue weighted by atomic mass is 79.9. The maximum absolute atomic E-state index is 13.4. The molecule has 0 aliphatic carbocycles. The first-order valence-corrected chi connectivity index (χ1v) is 5.77. The summed E-state index contributed by atoms with van der Waals surface area (Å²) in [6, 6.07) is 5.48. The van der Waals surface area contributed by atoms with Gasteiger partial charge in [-0.25, -0.2) is 13.8 Å². The van der Waals surface area contributed by atoms with Crippen LogP contribution >= 0.6 is 27.5 Å². The van der Waals surface area contributed by atoms with Crippen molar-refractivity contribution < 1.29 is 8.78 Å². The lowest BCUT2D eigenvalue weighted by Gasteiger charge is -2.08. The monoisotopic (exact) mass is 318 g/mol. The van der Waals surface area contributed by atoms with Crippen LogP contribution in [0.5, 0.6) is 0 Å². The molecule has 2 rings (SSSR count). The molecule has 0 aliphatic heterocycles. The Bertz CT molecular complexity index is 563. The van der Waals surface area contributed by atoms with Crippen molar-refractivity contribution in [2.45, 2.75) is 0 Å². The van der Waals surface area contributed by atoms with Gasteiger partial charge in [-0.2, -0.15) is 0 Å². The van der Waals surface area contributed by atoms with Crippen LogP contribution in [-0.4, -0.2) is 4.98 Å². The Morgan fingerprint density at radius 1 is 1.29 bits per heavy atom. The maximum atomic E-state index is 13.4. The second kappa shape index (κ2) is 4.98. The summed E-state index contributed by atoms with van der Waals surface area (Å²) >= 11 is 8.94. The van der Waals surface area contributed by atoms with Crippen molar-refractivity contribution in [3.05, 3.63) is 51.6 Å². The molecule has 0 fully saturated rings. The van der Waals surface area contributed by atoms with E-state index in [0.29, 0.717) is 15.3 Å². The molecule has 2 aromatic rings. The largest absolute Gasteiger partial charge is 0.337 e. The minimum absolute atomic E-state index is 0.0144. The van der Waals surface area contributed by atoms with Crippen molar-refractivity contribution in [1.82, 2.24) is 4.98 Å². The van der Waals surface area contributed by atoms with Crippen LogP contribution in [0.4, 0.5) is 20.3 Å². The van der Waals surface area contributed by atoms with Crippen LogP contribution in [-0.2, 0) is 0 Å². The topological polar surface area (TPSA) is 24.9 Å². The molecule has 88 valence electrons. The van der Waals surface area contributed by atoms with E-state index >= 15 is 0 Å². The second-order valence-corrected chi connectivity index (χ2v) is 4.50. The number of aromatic nitrogens is 1. The number of benzene rings is 1. The molecule has 0 spiro atoms. The summed E-state index contributed by atoms with van der Waals surface area (Å²) in [6.45, 7) is 0. The SMILES string of the molecule is Fc1cccc(Nc2ncc(Cl)cc2Br)c1F. The van der Waals surface area contributed by atoms with Gasteiger partial charge in [-0.15, -0.1) is 0 Å². The van der Waals surface area contributed by atoms with E-state index in [1.165, 1.54) is 18.3 Å². The van der Waals surface area contributed by atoms with Crippen molar-refractivity contribution in [2.75, 3.05) is 5.32 Å². The van der Waals surface area contributed by atoms with Gasteiger partial charge in [0.1, 0.15) is 5.82 Å². The van der Waals surface area contributed by atoms with Crippen LogP contribution in [0.1, 0.15) is 0 Å². The zero-order chi connectivity index (χ0) is 12.4. The molecular weight excluding hydrogens is 313 g/mol. The van der Waals surface area contributed by atoms with Crippen molar-refractivity contribution in [1.29, 1.82) is 0 Å². The number of hydrogen-bond acceptors (Lipinski definition) is 2. The second-order valence-electron chi connectivity index (χ2n) is 3.21. The number of hydrogen-bond donors (Lipinski definition) is 1. The molecule has 0 bridgehead atoms. The van der Waals surface area contributed by atoms with Gasteiger partial charge >= 0.3 is 0 Å². The molecule has 1 aromatic heterocycles. The van der Waals surface area contributed by atoms with Crippen LogP contribution in [0, 0.1) is 11.6 Å². The van der Waals surface area contributed by atoms with Gasteiger partial charge in [0.15, 0.2) is 11.6 Å². The van der Waals surface area contributed by atoms with E-state index in [1.54, 1.807) is 6.07 Å². The fraction of sp³-hybridized carbons (Fsp3) is 0. The molecule has 0 atom stereocenters. The highest BCUT2D eigenvalue weighted by molar-refractivity contribution is 9.10. The van der Waals surface area contributed by atoms with Crippen LogP contribution in [0.25, 0.3) is 0 Å². The Balaban J connectivity index is 2.35. The van der Waals surface area contributed by atoms with Gasteiger partial charge in [-0.3, -0.25) is 0 Å². The van der Waals surface area contributed by atoms with Crippen LogP contribution in [0.3, 0.4) is 0 Å². The van der Waals surface area contributed by atoms with E-state index < -0.39 is 11.6 Å². The molecule has 1 heterocycles.